The number of carbonyl (C=O) groups is 8. The van der Waals surface area contributed by atoms with E-state index < -0.39 is 72.4 Å². The molecule has 15 nitrogen and oxygen atoms in total. The second-order valence-corrected chi connectivity index (χ2v) is 15.4. The molecular formula is C52H64N6O9. The van der Waals surface area contributed by atoms with Gasteiger partial charge >= 0.3 is 0 Å². The summed E-state index contributed by atoms with van der Waals surface area (Å²) in [6.45, 7) is 13.7. The molecule has 0 aliphatic carbocycles. The van der Waals surface area contributed by atoms with Gasteiger partial charge in [0.1, 0.15) is 11.7 Å². The van der Waals surface area contributed by atoms with Gasteiger partial charge in [-0.15, -0.1) is 0 Å². The van der Waals surface area contributed by atoms with Gasteiger partial charge in [-0.2, -0.15) is 0 Å². The lowest BCUT2D eigenvalue weighted by Gasteiger charge is -2.54. The van der Waals surface area contributed by atoms with Crippen molar-refractivity contribution in [2.45, 2.75) is 121 Å². The summed E-state index contributed by atoms with van der Waals surface area (Å²) in [5.74, 6) is -1.04. The third-order valence-corrected chi connectivity index (χ3v) is 10.7. The minimum atomic E-state index is -1.12. The molecule has 5 aliphatic heterocycles. The zero-order chi connectivity index (χ0) is 48.1. The number of benzene rings is 4. The normalized spacial score (nSPS) is 19.5. The minimum Gasteiger partial charge on any atom is -0.300 e. The minimum absolute atomic E-state index is 0. The van der Waals surface area contributed by atoms with Crippen molar-refractivity contribution >= 4 is 53.0 Å². The van der Waals surface area contributed by atoms with E-state index >= 15 is 0 Å². The molecule has 5 heterocycles. The zero-order valence-electron chi connectivity index (χ0n) is 38.2. The molecule has 0 N–H and O–H groups in total. The molecular weight excluding hydrogens is 853 g/mol. The van der Waals surface area contributed by atoms with E-state index in [1.165, 1.54) is 82.6 Å². The topological polar surface area (TPSA) is 173 Å². The number of aryl methyl sites for hydroxylation is 1. The molecule has 5 saturated heterocycles. The molecule has 4 atom stereocenters. The zero-order valence-corrected chi connectivity index (χ0v) is 38.2. The molecule has 5 aliphatic rings. The average molecular weight is 917 g/mol. The van der Waals surface area contributed by atoms with Crippen LogP contribution in [-0.4, -0.2) is 119 Å². The first-order valence-corrected chi connectivity index (χ1v) is 21.1. The number of allylic oxidation sites excluding steroid dienone is 1. The fourth-order valence-electron chi connectivity index (χ4n) is 8.28. The number of nitrogens with zero attached hydrogens (tertiary/aromatic N) is 6. The molecule has 15 heteroatoms. The molecule has 4 aromatic carbocycles. The molecule has 0 spiro atoms. The predicted octanol–water partition coefficient (Wildman–Crippen LogP) is 7.08. The number of rotatable bonds is 4. The van der Waals surface area contributed by atoms with Gasteiger partial charge in [0, 0.05) is 44.4 Å². The van der Waals surface area contributed by atoms with Gasteiger partial charge in [0.05, 0.1) is 0 Å². The Morgan fingerprint density at radius 3 is 0.836 bits per heavy atom. The van der Waals surface area contributed by atoms with E-state index in [0.29, 0.717) is 11.1 Å². The summed E-state index contributed by atoms with van der Waals surface area (Å²) in [5.41, 5.74) is 2.78. The van der Waals surface area contributed by atoms with Crippen LogP contribution < -0.4 is 0 Å². The fourth-order valence-corrected chi connectivity index (χ4v) is 8.28. The van der Waals surface area contributed by atoms with E-state index in [4.69, 9.17) is 4.79 Å². The van der Waals surface area contributed by atoms with Gasteiger partial charge in [-0.05, 0) is 70.0 Å². The summed E-state index contributed by atoms with van der Waals surface area (Å²) < 4.78 is 0. The van der Waals surface area contributed by atoms with Gasteiger partial charge in [0.2, 0.25) is 23.6 Å². The quantitative estimate of drug-likeness (QED) is 0.153. The Balaban J connectivity index is 0.000000465. The van der Waals surface area contributed by atoms with Gasteiger partial charge in [-0.25, -0.2) is 4.79 Å². The highest BCUT2D eigenvalue weighted by Crippen LogP contribution is 2.52. The number of hydrogen-bond acceptors (Lipinski definition) is 9. The smallest absolute Gasteiger partial charge is 0.257 e. The Bertz CT molecular complexity index is 2220. The molecule has 0 aromatic heterocycles. The second-order valence-electron chi connectivity index (χ2n) is 15.4. The standard InChI is InChI=1S/C28H28N6O6.C8H8O.C8H10.C3H6O.C3H4O.2CH4/c1-15(35)29-21-22-31(17(3)37)25-26(32(22)18(4)38)34(28(40)20-13-9-6-10-14-20)24(30(21)16(2)36)23(29)33(25)27(39)19-11-7-5-8-12-19;1-7(9)8-5-3-2-4-6-8;1-2-8-6-4-3-5-7-8;1-3(2)4;1-2-3-4;;/h5-14,21-26H,1-4H3;2-6H,1H3;3-7H,2H2,1H3;1-2H3;2H,1H3;2*1H4. The third kappa shape index (κ3) is 12.2. The van der Waals surface area contributed by atoms with Gasteiger partial charge in [-0.3, -0.25) is 63.0 Å². The van der Waals surface area contributed by atoms with Crippen LogP contribution >= 0.6 is 0 Å². The first-order chi connectivity index (χ1) is 31.0. The number of piperazine rings is 1. The molecule has 0 saturated carbocycles. The largest absolute Gasteiger partial charge is 0.300 e. The van der Waals surface area contributed by atoms with E-state index in [-0.39, 0.29) is 26.4 Å². The van der Waals surface area contributed by atoms with Gasteiger partial charge < -0.3 is 4.79 Å². The van der Waals surface area contributed by atoms with Crippen molar-refractivity contribution in [2.75, 3.05) is 0 Å². The van der Waals surface area contributed by atoms with Crippen LogP contribution in [0.25, 0.3) is 0 Å². The molecule has 4 unspecified atom stereocenters. The molecule has 4 aromatic rings. The maximum absolute atomic E-state index is 14.3. The maximum atomic E-state index is 14.3. The number of hydrogen-bond donors (Lipinski definition) is 0. The number of amides is 6. The van der Waals surface area contributed by atoms with Crippen LogP contribution in [0.15, 0.2) is 127 Å². The first kappa shape index (κ1) is 55.6. The monoisotopic (exact) mass is 916 g/mol. The average Bonchev–Trinajstić information content (AvgIpc) is 3.77. The summed E-state index contributed by atoms with van der Waals surface area (Å²) in [6, 6.07) is 36.4. The number of Topliss-reactive ketones (excluding diaryl/α,β-unsaturated/α-hetero) is 2. The van der Waals surface area contributed by atoms with E-state index in [1.807, 2.05) is 36.4 Å². The maximum Gasteiger partial charge on any atom is 0.257 e. The molecule has 9 rings (SSSR count). The van der Waals surface area contributed by atoms with Crippen molar-refractivity contribution in [1.82, 2.24) is 29.4 Å². The van der Waals surface area contributed by atoms with Crippen LogP contribution in [-0.2, 0) is 35.2 Å². The fraction of sp³-hybridized carbons (Fsp3) is 0.346. The highest BCUT2D eigenvalue weighted by Gasteiger charge is 2.76. The summed E-state index contributed by atoms with van der Waals surface area (Å²) in [4.78, 5) is 119. The van der Waals surface area contributed by atoms with Crippen LogP contribution in [0.3, 0.4) is 0 Å². The Labute approximate surface area is 394 Å². The van der Waals surface area contributed by atoms with Crippen molar-refractivity contribution in [1.29, 1.82) is 0 Å². The van der Waals surface area contributed by atoms with Crippen LogP contribution in [0.2, 0.25) is 0 Å². The van der Waals surface area contributed by atoms with E-state index in [9.17, 15) is 38.4 Å². The lowest BCUT2D eigenvalue weighted by atomic mass is 10.0. The van der Waals surface area contributed by atoms with Crippen LogP contribution in [0.1, 0.15) is 114 Å². The van der Waals surface area contributed by atoms with Gasteiger partial charge in [-0.1, -0.05) is 119 Å². The molecule has 6 bridgehead atoms. The van der Waals surface area contributed by atoms with Crippen molar-refractivity contribution in [2.24, 2.45) is 0 Å². The van der Waals surface area contributed by atoms with Crippen molar-refractivity contribution in [3.05, 3.63) is 150 Å². The van der Waals surface area contributed by atoms with Crippen molar-refractivity contribution in [3.63, 3.8) is 0 Å². The number of carbonyl (C=O) groups excluding carboxylic acids is 9. The lowest BCUT2D eigenvalue weighted by molar-refractivity contribution is -0.158. The highest BCUT2D eigenvalue weighted by atomic mass is 16.2. The Kier molecular flexibility index (Phi) is 21.0. The van der Waals surface area contributed by atoms with E-state index in [0.717, 1.165) is 12.0 Å². The van der Waals surface area contributed by atoms with Gasteiger partial charge in [0.25, 0.3) is 11.8 Å². The molecule has 356 valence electrons. The predicted molar refractivity (Wildman–Crippen MR) is 256 cm³/mol. The Morgan fingerprint density at radius 1 is 0.433 bits per heavy atom. The van der Waals surface area contributed by atoms with Crippen LogP contribution in [0.5, 0.6) is 0 Å². The van der Waals surface area contributed by atoms with Crippen molar-refractivity contribution < 1.29 is 43.2 Å². The molecule has 6 amide bonds. The Hall–Kier alpha value is -7.51. The van der Waals surface area contributed by atoms with Crippen molar-refractivity contribution in [3.8, 4) is 0 Å². The first-order valence-electron chi connectivity index (χ1n) is 21.1. The molecule has 5 fully saturated rings. The van der Waals surface area contributed by atoms with Gasteiger partial charge in [0.15, 0.2) is 42.8 Å². The highest BCUT2D eigenvalue weighted by molar-refractivity contribution is 5.99. The van der Waals surface area contributed by atoms with E-state index in [1.54, 1.807) is 80.5 Å². The van der Waals surface area contributed by atoms with Crippen LogP contribution in [0, 0.1) is 0 Å². The molecule has 67 heavy (non-hydrogen) atoms. The lowest BCUT2D eigenvalue weighted by Crippen LogP contribution is -2.76. The summed E-state index contributed by atoms with van der Waals surface area (Å²) in [5, 5.41) is 0. The SMILES string of the molecule is C.C.CC(=O)N1C2C3N(C(C)=O)C4C(N3C(C)=O)N(C(=O)c3ccccc3)C(C1N4C(=O)c1ccccc1)N2C(C)=O.CC(=O)c1ccccc1.CC(C)=O.CC=C=O.CCc1ccccc1. The molecule has 0 radical (unpaired) electrons. The van der Waals surface area contributed by atoms with Crippen LogP contribution in [0.4, 0.5) is 0 Å². The second kappa shape index (κ2) is 25.3. The summed E-state index contributed by atoms with van der Waals surface area (Å²) in [6.07, 6.45) is -4.19. The number of ketones is 2. The summed E-state index contributed by atoms with van der Waals surface area (Å²) in [7, 11) is 0. The summed E-state index contributed by atoms with van der Waals surface area (Å²) >= 11 is 0. The van der Waals surface area contributed by atoms with E-state index in [2.05, 4.69) is 31.2 Å². The third-order valence-electron chi connectivity index (χ3n) is 10.7. The Morgan fingerprint density at radius 2 is 0.657 bits per heavy atom.